The van der Waals surface area contributed by atoms with Crippen LogP contribution in [0.25, 0.3) is 10.9 Å². The number of fused-ring (bicyclic) bond motifs is 1. The molecule has 0 saturated carbocycles. The molecule has 1 aromatic carbocycles. The molecule has 0 aliphatic rings. The number of carbonyl (C=O) groups is 1. The minimum Gasteiger partial charge on any atom is -0.494 e. The van der Waals surface area contributed by atoms with Gasteiger partial charge in [0.25, 0.3) is 0 Å². The van der Waals surface area contributed by atoms with Crippen molar-refractivity contribution in [3.8, 4) is 5.75 Å². The first-order valence-corrected chi connectivity index (χ1v) is 6.35. The van der Waals surface area contributed by atoms with Gasteiger partial charge >= 0.3 is 5.97 Å². The fourth-order valence-corrected chi connectivity index (χ4v) is 2.03. The van der Waals surface area contributed by atoms with Crippen molar-refractivity contribution in [2.45, 2.75) is 20.3 Å². The van der Waals surface area contributed by atoms with Crippen LogP contribution in [0.4, 0.5) is 0 Å². The third kappa shape index (κ3) is 2.52. The summed E-state index contributed by atoms with van der Waals surface area (Å²) in [5.74, 6) is 0.276. The Morgan fingerprint density at radius 2 is 2.11 bits per heavy atom. The first-order chi connectivity index (χ1) is 9.21. The lowest BCUT2D eigenvalue weighted by molar-refractivity contribution is 0.0518. The van der Waals surface area contributed by atoms with E-state index in [1.807, 2.05) is 31.2 Å². The summed E-state index contributed by atoms with van der Waals surface area (Å²) < 4.78 is 10.3. The molecule has 0 radical (unpaired) electrons. The van der Waals surface area contributed by atoms with Gasteiger partial charge in [-0.25, -0.2) is 9.78 Å². The van der Waals surface area contributed by atoms with Crippen molar-refractivity contribution in [3.63, 3.8) is 0 Å². The van der Waals surface area contributed by atoms with Gasteiger partial charge < -0.3 is 9.47 Å². The molecule has 0 aliphatic carbocycles. The lowest BCUT2D eigenvalue weighted by Gasteiger charge is -2.10. The number of hydrogen-bond donors (Lipinski definition) is 0. The van der Waals surface area contributed by atoms with E-state index in [9.17, 15) is 4.79 Å². The smallest absolute Gasteiger partial charge is 0.357 e. The van der Waals surface area contributed by atoms with Crippen molar-refractivity contribution >= 4 is 16.9 Å². The standard InChI is InChI=1S/C15H17NO3/c1-4-10-9-11-7-6-8-12(18-3)13(11)16-14(10)15(17)19-5-2/h6-9H,4-5H2,1-3H3. The number of benzene rings is 1. The molecule has 0 spiro atoms. The highest BCUT2D eigenvalue weighted by atomic mass is 16.5. The molecule has 4 heteroatoms. The SMILES string of the molecule is CCOC(=O)c1nc2c(OC)cccc2cc1CC. The molecule has 0 fully saturated rings. The van der Waals surface area contributed by atoms with Crippen molar-refractivity contribution < 1.29 is 14.3 Å². The zero-order chi connectivity index (χ0) is 13.8. The summed E-state index contributed by atoms with van der Waals surface area (Å²) in [5.41, 5.74) is 1.95. The molecule has 100 valence electrons. The Kier molecular flexibility index (Phi) is 4.00. The predicted molar refractivity (Wildman–Crippen MR) is 73.6 cm³/mol. The number of aryl methyl sites for hydroxylation is 1. The minimum absolute atomic E-state index is 0.341. The van der Waals surface area contributed by atoms with Crippen molar-refractivity contribution in [1.82, 2.24) is 4.98 Å². The van der Waals surface area contributed by atoms with Gasteiger partial charge in [0.05, 0.1) is 13.7 Å². The number of rotatable bonds is 4. The second kappa shape index (κ2) is 5.69. The molecule has 0 amide bonds. The van der Waals surface area contributed by atoms with Crippen LogP contribution in [0.5, 0.6) is 5.75 Å². The van der Waals surface area contributed by atoms with E-state index in [1.54, 1.807) is 14.0 Å². The molecule has 0 bridgehead atoms. The predicted octanol–water partition coefficient (Wildman–Crippen LogP) is 2.98. The van der Waals surface area contributed by atoms with Crippen LogP contribution < -0.4 is 4.74 Å². The summed E-state index contributed by atoms with van der Waals surface area (Å²) in [7, 11) is 1.59. The highest BCUT2D eigenvalue weighted by molar-refractivity contribution is 5.94. The Morgan fingerprint density at radius 1 is 1.32 bits per heavy atom. The summed E-state index contributed by atoms with van der Waals surface area (Å²) in [6, 6.07) is 7.66. The molecular weight excluding hydrogens is 242 g/mol. The Balaban J connectivity index is 2.65. The van der Waals surface area contributed by atoms with Gasteiger partial charge in [0.2, 0.25) is 0 Å². The maximum Gasteiger partial charge on any atom is 0.357 e. The maximum absolute atomic E-state index is 11.9. The minimum atomic E-state index is -0.382. The number of para-hydroxylation sites is 1. The summed E-state index contributed by atoms with van der Waals surface area (Å²) in [6.07, 6.45) is 0.730. The second-order valence-corrected chi connectivity index (χ2v) is 4.10. The number of methoxy groups -OCH3 is 1. The third-order valence-electron chi connectivity index (χ3n) is 2.96. The van der Waals surface area contributed by atoms with Crippen LogP contribution in [-0.2, 0) is 11.2 Å². The van der Waals surface area contributed by atoms with Crippen LogP contribution >= 0.6 is 0 Å². The van der Waals surface area contributed by atoms with Crippen molar-refractivity contribution in [2.75, 3.05) is 13.7 Å². The zero-order valence-electron chi connectivity index (χ0n) is 11.4. The quantitative estimate of drug-likeness (QED) is 0.792. The maximum atomic E-state index is 11.9. The number of esters is 1. The molecule has 0 saturated heterocycles. The first-order valence-electron chi connectivity index (χ1n) is 6.35. The zero-order valence-corrected chi connectivity index (χ0v) is 11.4. The Labute approximate surface area is 112 Å². The summed E-state index contributed by atoms with van der Waals surface area (Å²) >= 11 is 0. The van der Waals surface area contributed by atoms with Crippen molar-refractivity contribution in [1.29, 1.82) is 0 Å². The third-order valence-corrected chi connectivity index (χ3v) is 2.96. The number of ether oxygens (including phenoxy) is 2. The molecular formula is C15H17NO3. The lowest BCUT2D eigenvalue weighted by atomic mass is 10.1. The fourth-order valence-electron chi connectivity index (χ4n) is 2.03. The van der Waals surface area contributed by atoms with E-state index >= 15 is 0 Å². The highest BCUT2D eigenvalue weighted by Gasteiger charge is 2.16. The van der Waals surface area contributed by atoms with E-state index < -0.39 is 0 Å². The van der Waals surface area contributed by atoms with Crippen LogP contribution in [0.2, 0.25) is 0 Å². The average Bonchev–Trinajstić information content (AvgIpc) is 2.45. The summed E-state index contributed by atoms with van der Waals surface area (Å²) in [6.45, 7) is 4.12. The van der Waals surface area contributed by atoms with Gasteiger partial charge in [-0.3, -0.25) is 0 Å². The monoisotopic (exact) mass is 259 g/mol. The average molecular weight is 259 g/mol. The van der Waals surface area contributed by atoms with Gasteiger partial charge in [-0.15, -0.1) is 0 Å². The number of pyridine rings is 1. The molecule has 1 aromatic heterocycles. The van der Waals surface area contributed by atoms with E-state index in [-0.39, 0.29) is 5.97 Å². The Hall–Kier alpha value is -2.10. The molecule has 0 unspecified atom stereocenters. The van der Waals surface area contributed by atoms with Crippen molar-refractivity contribution in [2.24, 2.45) is 0 Å². The topological polar surface area (TPSA) is 48.4 Å². The van der Waals surface area contributed by atoms with E-state index in [1.165, 1.54) is 0 Å². The van der Waals surface area contributed by atoms with Gasteiger partial charge in [-0.2, -0.15) is 0 Å². The van der Waals surface area contributed by atoms with Gasteiger partial charge in [-0.05, 0) is 31.0 Å². The molecule has 4 nitrogen and oxygen atoms in total. The normalized spacial score (nSPS) is 10.5. The van der Waals surface area contributed by atoms with Gasteiger partial charge in [0.15, 0.2) is 5.69 Å². The molecule has 0 aliphatic heterocycles. The van der Waals surface area contributed by atoms with Gasteiger partial charge in [0, 0.05) is 5.39 Å². The van der Waals surface area contributed by atoms with E-state index in [2.05, 4.69) is 4.98 Å². The molecule has 1 heterocycles. The van der Waals surface area contributed by atoms with E-state index in [0.29, 0.717) is 23.6 Å². The lowest BCUT2D eigenvalue weighted by Crippen LogP contribution is -2.11. The van der Waals surface area contributed by atoms with Crippen LogP contribution in [0, 0.1) is 0 Å². The van der Waals surface area contributed by atoms with E-state index in [4.69, 9.17) is 9.47 Å². The number of nitrogens with zero attached hydrogens (tertiary/aromatic N) is 1. The first kappa shape index (κ1) is 13.3. The van der Waals surface area contributed by atoms with Crippen LogP contribution in [0.3, 0.4) is 0 Å². The largest absolute Gasteiger partial charge is 0.494 e. The molecule has 0 atom stereocenters. The van der Waals surface area contributed by atoms with Gasteiger partial charge in [0.1, 0.15) is 11.3 Å². The Morgan fingerprint density at radius 3 is 2.74 bits per heavy atom. The fraction of sp³-hybridized carbons (Fsp3) is 0.333. The van der Waals surface area contributed by atoms with Crippen LogP contribution in [0.15, 0.2) is 24.3 Å². The van der Waals surface area contributed by atoms with Crippen molar-refractivity contribution in [3.05, 3.63) is 35.5 Å². The second-order valence-electron chi connectivity index (χ2n) is 4.10. The van der Waals surface area contributed by atoms with Gasteiger partial charge in [-0.1, -0.05) is 19.1 Å². The summed E-state index contributed by atoms with van der Waals surface area (Å²) in [4.78, 5) is 16.4. The van der Waals surface area contributed by atoms with Crippen LogP contribution in [0.1, 0.15) is 29.9 Å². The summed E-state index contributed by atoms with van der Waals surface area (Å²) in [5, 5.41) is 0.962. The van der Waals surface area contributed by atoms with Crippen LogP contribution in [-0.4, -0.2) is 24.7 Å². The highest BCUT2D eigenvalue weighted by Crippen LogP contribution is 2.26. The number of aromatic nitrogens is 1. The number of carbonyl (C=O) groups excluding carboxylic acids is 1. The molecule has 2 rings (SSSR count). The van der Waals surface area contributed by atoms with E-state index in [0.717, 1.165) is 17.4 Å². The molecule has 0 N–H and O–H groups in total. The molecule has 2 aromatic rings. The Bertz CT molecular complexity index is 608. The number of hydrogen-bond acceptors (Lipinski definition) is 4. The molecule has 19 heavy (non-hydrogen) atoms.